The molecule has 0 aromatic carbocycles. The Morgan fingerprint density at radius 2 is 2.07 bits per heavy atom. The molecule has 6 nitrogen and oxygen atoms in total. The van der Waals surface area contributed by atoms with E-state index < -0.39 is 12.6 Å². The van der Waals surface area contributed by atoms with Crippen molar-refractivity contribution in [3.05, 3.63) is 0 Å². The summed E-state index contributed by atoms with van der Waals surface area (Å²) >= 11 is 0. The van der Waals surface area contributed by atoms with Crippen molar-refractivity contribution in [2.75, 3.05) is 26.4 Å². The second-order valence-electron chi connectivity index (χ2n) is 2.96. The molecular weight excluding hydrogens is 202 g/mol. The van der Waals surface area contributed by atoms with Gasteiger partial charge >= 0.3 is 5.97 Å². The molecule has 0 aliphatic carbocycles. The fourth-order valence-corrected chi connectivity index (χ4v) is 0.883. The lowest BCUT2D eigenvalue weighted by atomic mass is 10.4. The van der Waals surface area contributed by atoms with Gasteiger partial charge in [0.1, 0.15) is 13.2 Å². The third-order valence-corrected chi connectivity index (χ3v) is 1.50. The van der Waals surface area contributed by atoms with Gasteiger partial charge in [0.25, 0.3) is 0 Å². The Morgan fingerprint density at radius 1 is 1.40 bits per heavy atom. The number of aliphatic carboxylic acids is 1. The molecule has 0 aromatic heterocycles. The molecule has 88 valence electrons. The molecule has 0 rings (SSSR count). The van der Waals surface area contributed by atoms with Gasteiger partial charge < -0.3 is 19.9 Å². The Bertz CT molecular complexity index is 207. The molecular formula is C9H17NO5. The highest BCUT2D eigenvalue weighted by Crippen LogP contribution is 1.87. The molecule has 0 saturated carbocycles. The number of carbonyl (C=O) groups is 2. The molecule has 0 fully saturated rings. The molecule has 0 bridgehead atoms. The summed E-state index contributed by atoms with van der Waals surface area (Å²) in [6.07, 6.45) is -0.0570. The van der Waals surface area contributed by atoms with E-state index in [4.69, 9.17) is 9.84 Å². The summed E-state index contributed by atoms with van der Waals surface area (Å²) in [6.45, 7) is 3.98. The van der Waals surface area contributed by atoms with Gasteiger partial charge in [0, 0.05) is 13.2 Å². The van der Waals surface area contributed by atoms with Gasteiger partial charge in [0.05, 0.1) is 6.10 Å². The van der Waals surface area contributed by atoms with E-state index in [0.29, 0.717) is 13.2 Å². The van der Waals surface area contributed by atoms with Gasteiger partial charge in [-0.3, -0.25) is 4.79 Å². The van der Waals surface area contributed by atoms with Crippen LogP contribution in [0.1, 0.15) is 13.8 Å². The average Bonchev–Trinajstić information content (AvgIpc) is 2.14. The summed E-state index contributed by atoms with van der Waals surface area (Å²) in [7, 11) is 0. The third kappa shape index (κ3) is 9.17. The van der Waals surface area contributed by atoms with E-state index in [9.17, 15) is 9.59 Å². The number of amides is 1. The smallest absolute Gasteiger partial charge is 0.329 e. The molecule has 0 spiro atoms. The molecule has 0 aromatic rings. The number of hydrogen-bond acceptors (Lipinski definition) is 4. The zero-order valence-corrected chi connectivity index (χ0v) is 8.99. The largest absolute Gasteiger partial charge is 0.480 e. The number of carboxylic acids is 1. The van der Waals surface area contributed by atoms with E-state index in [1.54, 1.807) is 0 Å². The number of ether oxygens (including phenoxy) is 2. The van der Waals surface area contributed by atoms with Crippen molar-refractivity contribution < 1.29 is 24.2 Å². The highest BCUT2D eigenvalue weighted by atomic mass is 16.5. The molecule has 1 atom stereocenters. The first kappa shape index (κ1) is 13.9. The molecule has 0 heterocycles. The van der Waals surface area contributed by atoms with Crippen molar-refractivity contribution >= 4 is 11.9 Å². The van der Waals surface area contributed by atoms with Crippen LogP contribution >= 0.6 is 0 Å². The van der Waals surface area contributed by atoms with Crippen LogP contribution in [0.2, 0.25) is 0 Å². The van der Waals surface area contributed by atoms with Crippen molar-refractivity contribution in [3.63, 3.8) is 0 Å². The summed E-state index contributed by atoms with van der Waals surface area (Å²) in [4.78, 5) is 21.1. The predicted octanol–water partition coefficient (Wildman–Crippen LogP) is -0.371. The average molecular weight is 219 g/mol. The minimum atomic E-state index is -1.09. The van der Waals surface area contributed by atoms with Crippen LogP contribution in [0, 0.1) is 0 Å². The Balaban J connectivity index is 3.44. The van der Waals surface area contributed by atoms with Crippen LogP contribution in [-0.2, 0) is 19.1 Å². The molecule has 1 unspecified atom stereocenters. The topological polar surface area (TPSA) is 84.9 Å². The van der Waals surface area contributed by atoms with E-state index in [1.807, 2.05) is 13.8 Å². The van der Waals surface area contributed by atoms with Gasteiger partial charge in [-0.1, -0.05) is 0 Å². The fourth-order valence-electron chi connectivity index (χ4n) is 0.883. The summed E-state index contributed by atoms with van der Waals surface area (Å²) in [5.41, 5.74) is 0. The third-order valence-electron chi connectivity index (χ3n) is 1.50. The van der Waals surface area contributed by atoms with Crippen molar-refractivity contribution in [1.29, 1.82) is 0 Å². The van der Waals surface area contributed by atoms with Crippen molar-refractivity contribution in [1.82, 2.24) is 5.32 Å². The standard InChI is InChI=1S/C9H17NO5/c1-3-15-7(2)4-10-8(11)5-14-6-9(12)13/h7H,3-6H2,1-2H3,(H,10,11)(H,12,13). The lowest BCUT2D eigenvalue weighted by Gasteiger charge is -2.12. The van der Waals surface area contributed by atoms with Crippen LogP contribution in [0.5, 0.6) is 0 Å². The van der Waals surface area contributed by atoms with Crippen LogP contribution in [0.3, 0.4) is 0 Å². The molecule has 0 aliphatic heterocycles. The van der Waals surface area contributed by atoms with Crippen molar-refractivity contribution in [2.45, 2.75) is 20.0 Å². The summed E-state index contributed by atoms with van der Waals surface area (Å²) in [5, 5.41) is 10.8. The number of carboxylic acid groups (broad SMARTS) is 1. The second-order valence-corrected chi connectivity index (χ2v) is 2.96. The first-order valence-corrected chi connectivity index (χ1v) is 4.74. The Morgan fingerprint density at radius 3 is 2.60 bits per heavy atom. The van der Waals surface area contributed by atoms with Gasteiger partial charge in [-0.2, -0.15) is 0 Å². The highest BCUT2D eigenvalue weighted by Gasteiger charge is 2.06. The summed E-state index contributed by atoms with van der Waals surface area (Å²) in [5.74, 6) is -1.44. The fraction of sp³-hybridized carbons (Fsp3) is 0.778. The molecule has 0 aliphatic rings. The minimum absolute atomic E-state index is 0.0570. The first-order valence-electron chi connectivity index (χ1n) is 4.74. The van der Waals surface area contributed by atoms with Gasteiger partial charge in [-0.25, -0.2) is 4.79 Å². The van der Waals surface area contributed by atoms with Crippen molar-refractivity contribution in [2.24, 2.45) is 0 Å². The lowest BCUT2D eigenvalue weighted by Crippen LogP contribution is -2.34. The van der Waals surface area contributed by atoms with E-state index >= 15 is 0 Å². The quantitative estimate of drug-likeness (QED) is 0.581. The Labute approximate surface area is 88.6 Å². The van der Waals surface area contributed by atoms with Crippen LogP contribution in [0.15, 0.2) is 0 Å². The van der Waals surface area contributed by atoms with Gasteiger partial charge in [0.2, 0.25) is 5.91 Å². The zero-order valence-electron chi connectivity index (χ0n) is 8.99. The number of rotatable bonds is 8. The normalized spacial score (nSPS) is 12.1. The predicted molar refractivity (Wildman–Crippen MR) is 52.6 cm³/mol. The maximum absolute atomic E-state index is 11.0. The van der Waals surface area contributed by atoms with E-state index in [2.05, 4.69) is 10.1 Å². The summed E-state index contributed by atoms with van der Waals surface area (Å²) in [6, 6.07) is 0. The number of carbonyl (C=O) groups excluding carboxylic acids is 1. The van der Waals surface area contributed by atoms with Gasteiger partial charge in [0.15, 0.2) is 0 Å². The van der Waals surface area contributed by atoms with Crippen LogP contribution < -0.4 is 5.32 Å². The van der Waals surface area contributed by atoms with E-state index in [-0.39, 0.29) is 18.6 Å². The maximum atomic E-state index is 11.0. The Hall–Kier alpha value is -1.14. The number of nitrogens with one attached hydrogen (secondary N) is 1. The zero-order chi connectivity index (χ0) is 11.7. The number of hydrogen-bond donors (Lipinski definition) is 2. The first-order chi connectivity index (χ1) is 7.06. The minimum Gasteiger partial charge on any atom is -0.480 e. The maximum Gasteiger partial charge on any atom is 0.329 e. The highest BCUT2D eigenvalue weighted by molar-refractivity contribution is 5.77. The van der Waals surface area contributed by atoms with Crippen LogP contribution in [-0.4, -0.2) is 49.5 Å². The van der Waals surface area contributed by atoms with Crippen molar-refractivity contribution in [3.8, 4) is 0 Å². The molecule has 2 N–H and O–H groups in total. The van der Waals surface area contributed by atoms with Crippen LogP contribution in [0.4, 0.5) is 0 Å². The molecule has 0 saturated heterocycles. The molecule has 0 radical (unpaired) electrons. The SMILES string of the molecule is CCOC(C)CNC(=O)COCC(=O)O. The molecule has 15 heavy (non-hydrogen) atoms. The summed E-state index contributed by atoms with van der Waals surface area (Å²) < 4.78 is 9.78. The van der Waals surface area contributed by atoms with E-state index in [0.717, 1.165) is 0 Å². The van der Waals surface area contributed by atoms with Crippen LogP contribution in [0.25, 0.3) is 0 Å². The molecule has 1 amide bonds. The van der Waals surface area contributed by atoms with E-state index in [1.165, 1.54) is 0 Å². The van der Waals surface area contributed by atoms with Gasteiger partial charge in [-0.05, 0) is 13.8 Å². The second kappa shape index (κ2) is 8.19. The monoisotopic (exact) mass is 219 g/mol. The lowest BCUT2D eigenvalue weighted by molar-refractivity contribution is -0.143. The van der Waals surface area contributed by atoms with Gasteiger partial charge in [-0.15, -0.1) is 0 Å². The Kier molecular flexibility index (Phi) is 7.57. The molecule has 6 heteroatoms.